The molecule has 4 nitrogen and oxygen atoms in total. The highest BCUT2D eigenvalue weighted by molar-refractivity contribution is 5.76. The third-order valence-electron chi connectivity index (χ3n) is 2.77. The van der Waals surface area contributed by atoms with Crippen molar-refractivity contribution >= 4 is 11.7 Å². The van der Waals surface area contributed by atoms with E-state index in [1.807, 2.05) is 6.92 Å². The predicted molar refractivity (Wildman–Crippen MR) is 75.7 cm³/mol. The molecule has 120 valence electrons. The van der Waals surface area contributed by atoms with Crippen molar-refractivity contribution in [3.63, 3.8) is 0 Å². The van der Waals surface area contributed by atoms with Gasteiger partial charge in [0.25, 0.3) is 0 Å². The Morgan fingerprint density at radius 2 is 1.91 bits per heavy atom. The second-order valence-electron chi connectivity index (χ2n) is 4.93. The first kappa shape index (κ1) is 17.9. The second kappa shape index (κ2) is 7.20. The van der Waals surface area contributed by atoms with Crippen LogP contribution >= 0.6 is 0 Å². The summed E-state index contributed by atoms with van der Waals surface area (Å²) in [5, 5.41) is 7.63. The molecule has 0 aliphatic heterocycles. The fourth-order valence-electron chi connectivity index (χ4n) is 1.52. The summed E-state index contributed by atoms with van der Waals surface area (Å²) in [5.74, 6) is -2.29. The normalized spacial score (nSPS) is 14.6. The number of allylic oxidation sites excluding steroid dienone is 1. The lowest BCUT2D eigenvalue weighted by atomic mass is 10.1. The van der Waals surface area contributed by atoms with Crippen molar-refractivity contribution in [1.29, 1.82) is 0 Å². The van der Waals surface area contributed by atoms with Gasteiger partial charge in [-0.05, 0) is 32.4 Å². The predicted octanol–water partition coefficient (Wildman–Crippen LogP) is 4.87. The molecular weight excluding hydrogens is 297 g/mol. The van der Waals surface area contributed by atoms with E-state index in [-0.39, 0.29) is 6.42 Å². The number of hydrogen-bond acceptors (Lipinski definition) is 4. The van der Waals surface area contributed by atoms with Crippen molar-refractivity contribution in [2.75, 3.05) is 0 Å². The number of rotatable bonds is 6. The zero-order chi connectivity index (χ0) is 16.8. The Hall–Kier alpha value is -2.18. The molecule has 0 bridgehead atoms. The van der Waals surface area contributed by atoms with Gasteiger partial charge in [0.05, 0.1) is 5.69 Å². The number of hydrogen-bond donors (Lipinski definition) is 0. The maximum absolute atomic E-state index is 12.3. The van der Waals surface area contributed by atoms with E-state index in [1.165, 1.54) is 13.0 Å². The molecule has 1 unspecified atom stereocenters. The van der Waals surface area contributed by atoms with Crippen molar-refractivity contribution in [1.82, 2.24) is 0 Å². The van der Waals surface area contributed by atoms with E-state index in [1.54, 1.807) is 24.3 Å². The van der Waals surface area contributed by atoms with Crippen molar-refractivity contribution in [3.8, 4) is 0 Å². The molecule has 0 aliphatic rings. The molecule has 0 aliphatic carbocycles. The van der Waals surface area contributed by atoms with Crippen LogP contribution in [-0.4, -0.2) is 17.9 Å². The van der Waals surface area contributed by atoms with Crippen LogP contribution in [0.2, 0.25) is 0 Å². The highest BCUT2D eigenvalue weighted by atomic mass is 19.4. The number of halogens is 3. The second-order valence-corrected chi connectivity index (χ2v) is 4.93. The van der Waals surface area contributed by atoms with E-state index in [4.69, 9.17) is 0 Å². The molecule has 0 fully saturated rings. The zero-order valence-corrected chi connectivity index (χ0v) is 12.4. The Labute approximate surface area is 126 Å². The minimum Gasteiger partial charge on any atom is -0.429 e. The fraction of sp³-hybridized carbons (Fsp3) is 0.400. The quantitative estimate of drug-likeness (QED) is 0.427. The SMILES string of the molecule is C=CCCC(C)(N=Nc1ccc(C)cc1)OC(=O)C(F)(F)F. The van der Waals surface area contributed by atoms with E-state index in [0.29, 0.717) is 12.1 Å². The maximum atomic E-state index is 12.3. The molecule has 0 N–H and O–H groups in total. The van der Waals surface area contributed by atoms with Crippen LogP contribution in [0.15, 0.2) is 47.1 Å². The molecule has 0 heterocycles. The molecule has 1 aromatic rings. The van der Waals surface area contributed by atoms with Crippen LogP contribution in [0.1, 0.15) is 25.3 Å². The summed E-state index contributed by atoms with van der Waals surface area (Å²) >= 11 is 0. The molecule has 0 saturated carbocycles. The number of aryl methyl sites for hydroxylation is 1. The molecule has 0 saturated heterocycles. The number of alkyl halides is 3. The summed E-state index contributed by atoms with van der Waals surface area (Å²) in [6.45, 7) is 6.65. The van der Waals surface area contributed by atoms with Crippen LogP contribution in [0, 0.1) is 6.92 Å². The van der Waals surface area contributed by atoms with Crippen LogP contribution in [0.25, 0.3) is 0 Å². The van der Waals surface area contributed by atoms with Crippen LogP contribution in [-0.2, 0) is 9.53 Å². The first-order valence-electron chi connectivity index (χ1n) is 6.57. The first-order valence-corrected chi connectivity index (χ1v) is 6.57. The highest BCUT2D eigenvalue weighted by Crippen LogP contribution is 2.27. The van der Waals surface area contributed by atoms with E-state index < -0.39 is 17.9 Å². The first-order chi connectivity index (χ1) is 10.2. The molecule has 0 amide bonds. The van der Waals surface area contributed by atoms with Gasteiger partial charge < -0.3 is 4.74 Å². The van der Waals surface area contributed by atoms with E-state index >= 15 is 0 Å². The van der Waals surface area contributed by atoms with Crippen molar-refractivity contribution < 1.29 is 22.7 Å². The Kier molecular flexibility index (Phi) is 5.84. The van der Waals surface area contributed by atoms with Crippen LogP contribution in [0.3, 0.4) is 0 Å². The number of nitrogens with zero attached hydrogens (tertiary/aromatic N) is 2. The van der Waals surface area contributed by atoms with Gasteiger partial charge in [-0.3, -0.25) is 0 Å². The van der Waals surface area contributed by atoms with Crippen LogP contribution < -0.4 is 0 Å². The zero-order valence-electron chi connectivity index (χ0n) is 12.4. The molecule has 22 heavy (non-hydrogen) atoms. The minimum atomic E-state index is -5.07. The minimum absolute atomic E-state index is 0.0493. The van der Waals surface area contributed by atoms with Crippen molar-refractivity contribution in [3.05, 3.63) is 42.5 Å². The Bertz CT molecular complexity index is 553. The summed E-state index contributed by atoms with van der Waals surface area (Å²) in [4.78, 5) is 11.0. The molecule has 0 spiro atoms. The number of carbonyl (C=O) groups is 1. The average molecular weight is 314 g/mol. The van der Waals surface area contributed by atoms with Gasteiger partial charge in [0, 0.05) is 6.42 Å². The van der Waals surface area contributed by atoms with Crippen LogP contribution in [0.4, 0.5) is 18.9 Å². The summed E-state index contributed by atoms with van der Waals surface area (Å²) in [7, 11) is 0. The van der Waals surface area contributed by atoms with Gasteiger partial charge in [-0.2, -0.15) is 18.3 Å². The monoisotopic (exact) mass is 314 g/mol. The number of azo groups is 1. The number of carbonyl (C=O) groups excluding carboxylic acids is 1. The topological polar surface area (TPSA) is 51.0 Å². The molecule has 7 heteroatoms. The van der Waals surface area contributed by atoms with E-state index in [2.05, 4.69) is 21.5 Å². The largest absolute Gasteiger partial charge is 0.491 e. The van der Waals surface area contributed by atoms with Gasteiger partial charge in [-0.25, -0.2) is 4.79 Å². The fourth-order valence-corrected chi connectivity index (χ4v) is 1.52. The summed E-state index contributed by atoms with van der Waals surface area (Å²) in [6, 6.07) is 6.91. The van der Waals surface area contributed by atoms with Gasteiger partial charge in [-0.1, -0.05) is 23.8 Å². The number of benzene rings is 1. The lowest BCUT2D eigenvalue weighted by Crippen LogP contribution is -2.36. The summed E-state index contributed by atoms with van der Waals surface area (Å²) in [6.07, 6.45) is -3.20. The van der Waals surface area contributed by atoms with Gasteiger partial charge >= 0.3 is 12.1 Å². The summed E-state index contributed by atoms with van der Waals surface area (Å²) < 4.78 is 41.5. The number of esters is 1. The van der Waals surface area contributed by atoms with Gasteiger partial charge in [-0.15, -0.1) is 11.7 Å². The third kappa shape index (κ3) is 5.67. The average Bonchev–Trinajstić information content (AvgIpc) is 2.44. The smallest absolute Gasteiger partial charge is 0.429 e. The van der Waals surface area contributed by atoms with E-state index in [9.17, 15) is 18.0 Å². The molecule has 0 aromatic heterocycles. The molecule has 1 aromatic carbocycles. The van der Waals surface area contributed by atoms with Gasteiger partial charge in [0.15, 0.2) is 0 Å². The van der Waals surface area contributed by atoms with Crippen LogP contribution in [0.5, 0.6) is 0 Å². The Morgan fingerprint density at radius 1 is 1.32 bits per heavy atom. The van der Waals surface area contributed by atoms with Crippen molar-refractivity contribution in [2.45, 2.75) is 38.6 Å². The van der Waals surface area contributed by atoms with E-state index in [0.717, 1.165) is 5.56 Å². The summed E-state index contributed by atoms with van der Waals surface area (Å²) in [5.41, 5.74) is -0.235. The lowest BCUT2D eigenvalue weighted by molar-refractivity contribution is -0.213. The molecule has 0 radical (unpaired) electrons. The lowest BCUT2D eigenvalue weighted by Gasteiger charge is -2.24. The standard InChI is InChI=1S/C15H17F3N2O2/c1-4-5-10-14(3,22-13(21)15(16,17)18)20-19-12-8-6-11(2)7-9-12/h4,6-9H,1,5,10H2,2-3H3. The van der Waals surface area contributed by atoms with Gasteiger partial charge in [0.1, 0.15) is 0 Å². The van der Waals surface area contributed by atoms with Crippen molar-refractivity contribution in [2.24, 2.45) is 10.2 Å². The maximum Gasteiger partial charge on any atom is 0.491 e. The molecule has 1 rings (SSSR count). The molecule has 1 atom stereocenters. The third-order valence-corrected chi connectivity index (χ3v) is 2.77. The number of ether oxygens (including phenoxy) is 1. The highest BCUT2D eigenvalue weighted by Gasteiger charge is 2.45. The Morgan fingerprint density at radius 3 is 2.41 bits per heavy atom. The molecular formula is C15H17F3N2O2. The van der Waals surface area contributed by atoms with Gasteiger partial charge in [0.2, 0.25) is 5.72 Å². The Balaban J connectivity index is 2.93.